The fourth-order valence-electron chi connectivity index (χ4n) is 1.67. The number of benzene rings is 1. The van der Waals surface area contributed by atoms with Crippen LogP contribution in [0.3, 0.4) is 0 Å². The third-order valence-corrected chi connectivity index (χ3v) is 2.43. The SMILES string of the molecule is [N-]=[N+]=Nc1nccnc1-n1cc2ccccc2n1. The standard InChI is InChI=1S/C11H7N7/c12-17-15-10-11(14-6-5-13-10)18-7-8-3-1-2-4-9(8)16-18/h1-7H. The van der Waals surface area contributed by atoms with E-state index in [0.717, 1.165) is 10.9 Å². The van der Waals surface area contributed by atoms with Gasteiger partial charge in [0, 0.05) is 28.9 Å². The predicted molar refractivity (Wildman–Crippen MR) is 65.5 cm³/mol. The summed E-state index contributed by atoms with van der Waals surface area (Å²) in [5.41, 5.74) is 9.33. The second-order valence-corrected chi connectivity index (χ2v) is 3.53. The molecule has 3 rings (SSSR count). The van der Waals surface area contributed by atoms with E-state index in [1.165, 1.54) is 12.4 Å². The number of hydrogen-bond donors (Lipinski definition) is 0. The molecule has 7 nitrogen and oxygen atoms in total. The van der Waals surface area contributed by atoms with Gasteiger partial charge in [0.1, 0.15) is 0 Å². The normalized spacial score (nSPS) is 10.2. The van der Waals surface area contributed by atoms with Crippen molar-refractivity contribution in [1.82, 2.24) is 19.7 Å². The Morgan fingerprint density at radius 2 is 2.00 bits per heavy atom. The minimum Gasteiger partial charge on any atom is -0.249 e. The lowest BCUT2D eigenvalue weighted by Crippen LogP contribution is -1.98. The quantitative estimate of drug-likeness (QED) is 0.389. The lowest BCUT2D eigenvalue weighted by Gasteiger charge is -2.01. The van der Waals surface area contributed by atoms with Crippen LogP contribution in [0.15, 0.2) is 48.0 Å². The summed E-state index contributed by atoms with van der Waals surface area (Å²) in [7, 11) is 0. The number of rotatable bonds is 2. The molecule has 2 aromatic heterocycles. The van der Waals surface area contributed by atoms with E-state index in [9.17, 15) is 0 Å². The average molecular weight is 237 g/mol. The molecule has 0 amide bonds. The molecule has 0 saturated heterocycles. The lowest BCUT2D eigenvalue weighted by molar-refractivity contribution is 0.850. The van der Waals surface area contributed by atoms with Gasteiger partial charge in [0.25, 0.3) is 0 Å². The molecule has 0 bridgehead atoms. The monoisotopic (exact) mass is 237 g/mol. The number of aromatic nitrogens is 4. The van der Waals surface area contributed by atoms with Crippen LogP contribution < -0.4 is 0 Å². The summed E-state index contributed by atoms with van der Waals surface area (Å²) in [6.07, 6.45) is 4.81. The molecule has 0 saturated carbocycles. The summed E-state index contributed by atoms with van der Waals surface area (Å²) in [5.74, 6) is 0.610. The Bertz CT molecular complexity index is 722. The molecule has 3 aromatic rings. The Labute approximate surface area is 101 Å². The van der Waals surface area contributed by atoms with Crippen molar-refractivity contribution in [3.05, 3.63) is 53.3 Å². The van der Waals surface area contributed by atoms with Crippen molar-refractivity contribution < 1.29 is 0 Å². The Morgan fingerprint density at radius 1 is 1.17 bits per heavy atom. The first-order valence-corrected chi connectivity index (χ1v) is 5.19. The predicted octanol–water partition coefficient (Wildman–Crippen LogP) is 2.76. The first-order chi connectivity index (χ1) is 8.88. The van der Waals surface area contributed by atoms with Crippen LogP contribution in [-0.2, 0) is 0 Å². The summed E-state index contributed by atoms with van der Waals surface area (Å²) < 4.78 is 1.56. The summed E-state index contributed by atoms with van der Waals surface area (Å²) in [6.45, 7) is 0. The zero-order valence-electron chi connectivity index (χ0n) is 9.17. The van der Waals surface area contributed by atoms with Crippen LogP contribution in [-0.4, -0.2) is 19.7 Å². The van der Waals surface area contributed by atoms with E-state index in [1.807, 2.05) is 30.5 Å². The third kappa shape index (κ3) is 1.64. The van der Waals surface area contributed by atoms with Gasteiger partial charge in [-0.3, -0.25) is 0 Å². The zero-order chi connectivity index (χ0) is 12.4. The van der Waals surface area contributed by atoms with Crippen LogP contribution in [0.2, 0.25) is 0 Å². The maximum absolute atomic E-state index is 8.49. The second-order valence-electron chi connectivity index (χ2n) is 3.53. The maximum Gasteiger partial charge on any atom is 0.181 e. The highest BCUT2D eigenvalue weighted by Gasteiger charge is 2.08. The Morgan fingerprint density at radius 3 is 2.83 bits per heavy atom. The minimum atomic E-state index is 0.202. The van der Waals surface area contributed by atoms with E-state index in [2.05, 4.69) is 25.1 Å². The minimum absolute atomic E-state index is 0.202. The third-order valence-electron chi connectivity index (χ3n) is 2.43. The van der Waals surface area contributed by atoms with Gasteiger partial charge >= 0.3 is 0 Å². The Balaban J connectivity index is 2.22. The largest absolute Gasteiger partial charge is 0.249 e. The van der Waals surface area contributed by atoms with Crippen LogP contribution in [0.4, 0.5) is 5.82 Å². The van der Waals surface area contributed by atoms with Gasteiger partial charge < -0.3 is 0 Å². The topological polar surface area (TPSA) is 92.4 Å². The number of hydrogen-bond acceptors (Lipinski definition) is 4. The maximum atomic E-state index is 8.49. The van der Waals surface area contributed by atoms with Crippen molar-refractivity contribution in [3.8, 4) is 5.82 Å². The summed E-state index contributed by atoms with van der Waals surface area (Å²) in [4.78, 5) is 10.8. The zero-order valence-corrected chi connectivity index (χ0v) is 9.17. The molecule has 86 valence electrons. The van der Waals surface area contributed by atoms with E-state index in [4.69, 9.17) is 5.53 Å². The van der Waals surface area contributed by atoms with E-state index in [-0.39, 0.29) is 5.82 Å². The molecular weight excluding hydrogens is 230 g/mol. The molecule has 0 aliphatic heterocycles. The van der Waals surface area contributed by atoms with Crippen molar-refractivity contribution in [3.63, 3.8) is 0 Å². The van der Waals surface area contributed by atoms with Gasteiger partial charge in [0.2, 0.25) is 0 Å². The number of azide groups is 1. The highest BCUT2D eigenvalue weighted by molar-refractivity contribution is 5.78. The molecule has 0 atom stereocenters. The fourth-order valence-corrected chi connectivity index (χ4v) is 1.67. The summed E-state index contributed by atoms with van der Waals surface area (Å²) >= 11 is 0. The molecular formula is C11H7N7. The van der Waals surface area contributed by atoms with Gasteiger partial charge in [-0.15, -0.1) is 0 Å². The molecule has 0 radical (unpaired) electrons. The van der Waals surface area contributed by atoms with Crippen molar-refractivity contribution >= 4 is 16.7 Å². The van der Waals surface area contributed by atoms with Crippen molar-refractivity contribution in [2.24, 2.45) is 5.11 Å². The van der Waals surface area contributed by atoms with Crippen LogP contribution >= 0.6 is 0 Å². The molecule has 0 N–H and O–H groups in total. The van der Waals surface area contributed by atoms with Crippen molar-refractivity contribution in [2.45, 2.75) is 0 Å². The summed E-state index contributed by atoms with van der Waals surface area (Å²) in [6, 6.07) is 7.68. The van der Waals surface area contributed by atoms with Crippen molar-refractivity contribution in [1.29, 1.82) is 0 Å². The molecule has 18 heavy (non-hydrogen) atoms. The van der Waals surface area contributed by atoms with Crippen LogP contribution in [0.1, 0.15) is 0 Å². The molecule has 0 unspecified atom stereocenters. The molecule has 2 heterocycles. The number of fused-ring (bicyclic) bond motifs is 1. The van der Waals surface area contributed by atoms with Crippen LogP contribution in [0, 0.1) is 0 Å². The van der Waals surface area contributed by atoms with E-state index < -0.39 is 0 Å². The van der Waals surface area contributed by atoms with Gasteiger partial charge in [0.05, 0.1) is 5.52 Å². The first-order valence-electron chi connectivity index (χ1n) is 5.19. The average Bonchev–Trinajstić information content (AvgIpc) is 2.83. The molecule has 0 fully saturated rings. The lowest BCUT2D eigenvalue weighted by atomic mass is 10.3. The van der Waals surface area contributed by atoms with Gasteiger partial charge in [-0.2, -0.15) is 5.10 Å². The molecule has 0 spiro atoms. The first kappa shape index (κ1) is 10.2. The van der Waals surface area contributed by atoms with Gasteiger partial charge in [-0.1, -0.05) is 18.2 Å². The smallest absolute Gasteiger partial charge is 0.181 e. The Kier molecular flexibility index (Phi) is 2.37. The molecule has 0 aliphatic carbocycles. The molecule has 0 aliphatic rings. The fraction of sp³-hybridized carbons (Fsp3) is 0. The van der Waals surface area contributed by atoms with Gasteiger partial charge in [0.15, 0.2) is 11.6 Å². The van der Waals surface area contributed by atoms with Gasteiger partial charge in [-0.25, -0.2) is 14.6 Å². The van der Waals surface area contributed by atoms with E-state index in [1.54, 1.807) is 4.68 Å². The number of nitrogens with zero attached hydrogens (tertiary/aromatic N) is 7. The van der Waals surface area contributed by atoms with E-state index in [0.29, 0.717) is 5.82 Å². The van der Waals surface area contributed by atoms with E-state index >= 15 is 0 Å². The summed E-state index contributed by atoms with van der Waals surface area (Å²) in [5, 5.41) is 8.84. The second kappa shape index (κ2) is 4.15. The van der Waals surface area contributed by atoms with Crippen LogP contribution in [0.25, 0.3) is 27.2 Å². The molecule has 7 heteroatoms. The van der Waals surface area contributed by atoms with Gasteiger partial charge in [-0.05, 0) is 16.7 Å². The highest BCUT2D eigenvalue weighted by atomic mass is 15.3. The van der Waals surface area contributed by atoms with Crippen molar-refractivity contribution in [2.75, 3.05) is 0 Å². The Hall–Kier alpha value is -2.92. The van der Waals surface area contributed by atoms with Crippen LogP contribution in [0.5, 0.6) is 0 Å². The molecule has 1 aromatic carbocycles. The highest BCUT2D eigenvalue weighted by Crippen LogP contribution is 2.20.